The molecule has 0 unspecified atom stereocenters. The van der Waals surface area contributed by atoms with Crippen molar-refractivity contribution in [3.8, 4) is 0 Å². The Bertz CT molecular complexity index is 733. The SMILES string of the molecule is CCCCCC[C@@H](C)NC(=O)c1cc(C(=O)N[C@H](C)CCCCCC)cc(C(=O)N[C@H](C)CCCCCC)c1. The van der Waals surface area contributed by atoms with E-state index in [1.165, 1.54) is 38.5 Å². The van der Waals surface area contributed by atoms with Crippen molar-refractivity contribution in [2.45, 2.75) is 156 Å². The number of carbonyl (C=O) groups excluding carboxylic acids is 3. The fourth-order valence-electron chi connectivity index (χ4n) is 4.79. The molecule has 0 saturated heterocycles. The van der Waals surface area contributed by atoms with E-state index in [9.17, 15) is 14.4 Å². The number of rotatable bonds is 21. The molecule has 1 aromatic carbocycles. The molecule has 0 heterocycles. The first-order valence-electron chi connectivity index (χ1n) is 15.8. The summed E-state index contributed by atoms with van der Waals surface area (Å²) in [5.74, 6) is -0.745. The molecular weight excluding hydrogens is 486 g/mol. The van der Waals surface area contributed by atoms with E-state index in [2.05, 4.69) is 36.7 Å². The predicted octanol–water partition coefficient (Wildman–Crippen LogP) is 7.95. The van der Waals surface area contributed by atoms with Crippen LogP contribution in [0.25, 0.3) is 0 Å². The Morgan fingerprint density at radius 3 is 0.974 bits per heavy atom. The number of carbonyl (C=O) groups is 3. The minimum atomic E-state index is -0.248. The second-order valence-corrected chi connectivity index (χ2v) is 11.5. The van der Waals surface area contributed by atoms with Crippen molar-refractivity contribution in [1.82, 2.24) is 16.0 Å². The molecule has 0 aromatic heterocycles. The fraction of sp³-hybridized carbons (Fsp3) is 0.727. The van der Waals surface area contributed by atoms with Crippen LogP contribution in [0.1, 0.15) is 169 Å². The number of nitrogens with one attached hydrogen (secondary N) is 3. The van der Waals surface area contributed by atoms with Gasteiger partial charge in [0.2, 0.25) is 0 Å². The van der Waals surface area contributed by atoms with Gasteiger partial charge in [-0.25, -0.2) is 0 Å². The zero-order chi connectivity index (χ0) is 29.0. The van der Waals surface area contributed by atoms with Gasteiger partial charge in [0.1, 0.15) is 0 Å². The third kappa shape index (κ3) is 15.1. The van der Waals surface area contributed by atoms with Crippen LogP contribution in [0.4, 0.5) is 0 Å². The van der Waals surface area contributed by atoms with Crippen molar-refractivity contribution in [2.75, 3.05) is 0 Å². The largest absolute Gasteiger partial charge is 0.350 e. The molecule has 222 valence electrons. The van der Waals surface area contributed by atoms with Gasteiger partial charge in [-0.15, -0.1) is 0 Å². The molecular formula is C33H57N3O3. The summed E-state index contributed by atoms with van der Waals surface area (Å²) in [5.41, 5.74) is 1.04. The summed E-state index contributed by atoms with van der Waals surface area (Å²) in [5, 5.41) is 9.19. The summed E-state index contributed by atoms with van der Waals surface area (Å²) < 4.78 is 0. The molecule has 39 heavy (non-hydrogen) atoms. The lowest BCUT2D eigenvalue weighted by atomic mass is 10.0. The van der Waals surface area contributed by atoms with Gasteiger partial charge in [0.25, 0.3) is 17.7 Å². The summed E-state index contributed by atoms with van der Waals surface area (Å²) in [6.45, 7) is 12.6. The molecule has 3 amide bonds. The first kappa shape index (κ1) is 34.7. The van der Waals surface area contributed by atoms with E-state index in [4.69, 9.17) is 0 Å². The zero-order valence-electron chi connectivity index (χ0n) is 25.8. The number of benzene rings is 1. The lowest BCUT2D eigenvalue weighted by molar-refractivity contribution is 0.0937. The maximum Gasteiger partial charge on any atom is 0.251 e. The van der Waals surface area contributed by atoms with Crippen LogP contribution in [0.3, 0.4) is 0 Å². The Balaban J connectivity index is 3.00. The molecule has 6 heteroatoms. The van der Waals surface area contributed by atoms with E-state index < -0.39 is 0 Å². The van der Waals surface area contributed by atoms with Gasteiger partial charge in [0.05, 0.1) is 0 Å². The van der Waals surface area contributed by atoms with Gasteiger partial charge in [0, 0.05) is 34.8 Å². The average Bonchev–Trinajstić information content (AvgIpc) is 2.91. The molecule has 0 bridgehead atoms. The average molecular weight is 544 g/mol. The highest BCUT2D eigenvalue weighted by Crippen LogP contribution is 2.15. The first-order valence-corrected chi connectivity index (χ1v) is 15.8. The summed E-state index contributed by atoms with van der Waals surface area (Å²) in [6.07, 6.45) is 16.5. The normalized spacial score (nSPS) is 13.4. The number of hydrogen-bond acceptors (Lipinski definition) is 3. The Labute approximate surface area is 238 Å². The summed E-state index contributed by atoms with van der Waals surface area (Å²) >= 11 is 0. The summed E-state index contributed by atoms with van der Waals surface area (Å²) in [6, 6.07) is 4.91. The molecule has 0 saturated carbocycles. The van der Waals surface area contributed by atoms with Crippen molar-refractivity contribution in [2.24, 2.45) is 0 Å². The van der Waals surface area contributed by atoms with Crippen molar-refractivity contribution < 1.29 is 14.4 Å². The van der Waals surface area contributed by atoms with Crippen LogP contribution in [0, 0.1) is 0 Å². The molecule has 6 nitrogen and oxygen atoms in total. The summed E-state index contributed by atoms with van der Waals surface area (Å²) in [7, 11) is 0. The Kier molecular flexibility index (Phi) is 18.2. The molecule has 0 radical (unpaired) electrons. The predicted molar refractivity (Wildman–Crippen MR) is 164 cm³/mol. The molecule has 3 atom stereocenters. The maximum atomic E-state index is 13.2. The lowest BCUT2D eigenvalue weighted by Gasteiger charge is -2.18. The minimum Gasteiger partial charge on any atom is -0.350 e. The molecule has 0 spiro atoms. The topological polar surface area (TPSA) is 87.3 Å². The highest BCUT2D eigenvalue weighted by Gasteiger charge is 2.19. The van der Waals surface area contributed by atoms with E-state index in [0.29, 0.717) is 16.7 Å². The van der Waals surface area contributed by atoms with Crippen LogP contribution in [0.15, 0.2) is 18.2 Å². The summed E-state index contributed by atoms with van der Waals surface area (Å²) in [4.78, 5) is 39.5. The smallest absolute Gasteiger partial charge is 0.251 e. The number of amides is 3. The molecule has 1 rings (SSSR count). The second kappa shape index (κ2) is 20.5. The maximum absolute atomic E-state index is 13.2. The van der Waals surface area contributed by atoms with Crippen LogP contribution >= 0.6 is 0 Å². The van der Waals surface area contributed by atoms with E-state index in [1.807, 2.05) is 20.8 Å². The molecule has 0 aliphatic heterocycles. The molecule has 0 fully saturated rings. The van der Waals surface area contributed by atoms with Crippen LogP contribution < -0.4 is 16.0 Å². The van der Waals surface area contributed by atoms with E-state index >= 15 is 0 Å². The molecule has 1 aromatic rings. The monoisotopic (exact) mass is 543 g/mol. The van der Waals surface area contributed by atoms with Crippen LogP contribution in [0.5, 0.6) is 0 Å². The van der Waals surface area contributed by atoms with Gasteiger partial charge >= 0.3 is 0 Å². The third-order valence-corrected chi connectivity index (χ3v) is 7.32. The van der Waals surface area contributed by atoms with Crippen molar-refractivity contribution in [3.63, 3.8) is 0 Å². The van der Waals surface area contributed by atoms with Gasteiger partial charge in [-0.2, -0.15) is 0 Å². The van der Waals surface area contributed by atoms with Crippen LogP contribution in [-0.4, -0.2) is 35.8 Å². The molecule has 3 N–H and O–H groups in total. The van der Waals surface area contributed by atoms with Gasteiger partial charge in [-0.05, 0) is 58.2 Å². The van der Waals surface area contributed by atoms with Crippen molar-refractivity contribution >= 4 is 17.7 Å². The zero-order valence-corrected chi connectivity index (χ0v) is 25.8. The second-order valence-electron chi connectivity index (χ2n) is 11.5. The van der Waals surface area contributed by atoms with Gasteiger partial charge in [-0.3, -0.25) is 14.4 Å². The van der Waals surface area contributed by atoms with Crippen LogP contribution in [-0.2, 0) is 0 Å². The first-order chi connectivity index (χ1) is 18.7. The molecule has 0 aliphatic rings. The van der Waals surface area contributed by atoms with E-state index in [0.717, 1.165) is 57.8 Å². The van der Waals surface area contributed by atoms with Gasteiger partial charge in [-0.1, -0.05) is 97.8 Å². The Morgan fingerprint density at radius 1 is 0.487 bits per heavy atom. The Hall–Kier alpha value is -2.37. The highest BCUT2D eigenvalue weighted by atomic mass is 16.2. The number of unbranched alkanes of at least 4 members (excludes halogenated alkanes) is 9. The van der Waals surface area contributed by atoms with Crippen LogP contribution in [0.2, 0.25) is 0 Å². The van der Waals surface area contributed by atoms with E-state index in [1.54, 1.807) is 18.2 Å². The minimum absolute atomic E-state index is 0.0235. The lowest BCUT2D eigenvalue weighted by Crippen LogP contribution is -2.36. The Morgan fingerprint density at radius 2 is 0.744 bits per heavy atom. The van der Waals surface area contributed by atoms with Crippen molar-refractivity contribution in [1.29, 1.82) is 0 Å². The van der Waals surface area contributed by atoms with Gasteiger partial charge in [0.15, 0.2) is 0 Å². The van der Waals surface area contributed by atoms with E-state index in [-0.39, 0.29) is 35.8 Å². The number of hydrogen-bond donors (Lipinski definition) is 3. The highest BCUT2D eigenvalue weighted by molar-refractivity contribution is 6.04. The fourth-order valence-corrected chi connectivity index (χ4v) is 4.79. The quantitative estimate of drug-likeness (QED) is 0.137. The van der Waals surface area contributed by atoms with Crippen molar-refractivity contribution in [3.05, 3.63) is 34.9 Å². The molecule has 0 aliphatic carbocycles. The van der Waals surface area contributed by atoms with Gasteiger partial charge < -0.3 is 16.0 Å². The standard InChI is InChI=1S/C33H57N3O3/c1-7-10-13-16-19-25(4)34-31(37)28-22-29(32(38)35-26(5)20-17-14-11-8-2)24-30(23-28)33(39)36-27(6)21-18-15-12-9-3/h22-27H,7-21H2,1-6H3,(H,34,37)(H,35,38)(H,36,39)/t25-,26-,27-/m1/s1. The third-order valence-electron chi connectivity index (χ3n) is 7.32.